The number of anilines is 1. The Hall–Kier alpha value is -2.85. The van der Waals surface area contributed by atoms with Crippen molar-refractivity contribution < 1.29 is 22.8 Å². The molecule has 1 unspecified atom stereocenters. The summed E-state index contributed by atoms with van der Waals surface area (Å²) in [6.45, 7) is 2.16. The van der Waals surface area contributed by atoms with Crippen LogP contribution in [-0.4, -0.2) is 52.3 Å². The van der Waals surface area contributed by atoms with E-state index < -0.39 is 35.9 Å². The minimum absolute atomic E-state index is 0.100. The molecule has 11 heteroatoms. The van der Waals surface area contributed by atoms with E-state index in [4.69, 9.17) is 0 Å². The highest BCUT2D eigenvalue weighted by Gasteiger charge is 2.47. The summed E-state index contributed by atoms with van der Waals surface area (Å²) in [5.41, 5.74) is 0.682. The van der Waals surface area contributed by atoms with Gasteiger partial charge in [0, 0.05) is 37.4 Å². The Morgan fingerprint density at radius 1 is 1.33 bits per heavy atom. The number of carbonyl (C=O) groups is 2. The second kappa shape index (κ2) is 5.83. The molecule has 0 aliphatic carbocycles. The van der Waals surface area contributed by atoms with E-state index in [0.717, 1.165) is 0 Å². The number of imide groups is 1. The second-order valence-corrected chi connectivity index (χ2v) is 7.36. The Morgan fingerprint density at radius 2 is 2.07 bits per heavy atom. The summed E-state index contributed by atoms with van der Waals surface area (Å²) >= 11 is 0. The van der Waals surface area contributed by atoms with Crippen LogP contribution in [0.3, 0.4) is 0 Å². The van der Waals surface area contributed by atoms with Crippen molar-refractivity contribution in [2.75, 3.05) is 24.5 Å². The number of carbonyl (C=O) groups excluding carboxylic acids is 2. The van der Waals surface area contributed by atoms with E-state index in [-0.39, 0.29) is 19.6 Å². The molecular formula is C16H17F3N6O2. The summed E-state index contributed by atoms with van der Waals surface area (Å²) in [5.74, 6) is -1.15. The van der Waals surface area contributed by atoms with E-state index in [1.54, 1.807) is 24.1 Å². The van der Waals surface area contributed by atoms with E-state index in [9.17, 15) is 22.8 Å². The molecule has 3 amide bonds. The number of aromatic nitrogens is 3. The molecule has 27 heavy (non-hydrogen) atoms. The zero-order valence-electron chi connectivity index (χ0n) is 14.4. The number of nitrogens with zero attached hydrogens (tertiary/aromatic N) is 4. The molecule has 0 saturated carbocycles. The predicted molar refractivity (Wildman–Crippen MR) is 88.3 cm³/mol. The molecule has 2 saturated heterocycles. The van der Waals surface area contributed by atoms with Gasteiger partial charge >= 0.3 is 12.2 Å². The van der Waals surface area contributed by atoms with Crippen LogP contribution in [-0.2, 0) is 4.79 Å². The molecular weight excluding hydrogens is 365 g/mol. The van der Waals surface area contributed by atoms with Crippen molar-refractivity contribution in [3.8, 4) is 0 Å². The number of nitrogens with one attached hydrogen (secondary N) is 2. The van der Waals surface area contributed by atoms with Crippen LogP contribution in [0.2, 0.25) is 0 Å². The van der Waals surface area contributed by atoms with Gasteiger partial charge < -0.3 is 10.2 Å². The van der Waals surface area contributed by atoms with Crippen molar-refractivity contribution in [1.29, 1.82) is 0 Å². The fraction of sp³-hybridized carbons (Fsp3) is 0.500. The maximum Gasteiger partial charge on any atom is 0.389 e. The lowest BCUT2D eigenvalue weighted by Gasteiger charge is -2.49. The van der Waals surface area contributed by atoms with Gasteiger partial charge in [-0.05, 0) is 6.07 Å². The average Bonchev–Trinajstić information content (AvgIpc) is 2.98. The Morgan fingerprint density at radius 3 is 2.74 bits per heavy atom. The number of halogens is 3. The number of rotatable bonds is 3. The Balaban J connectivity index is 1.63. The van der Waals surface area contributed by atoms with Crippen LogP contribution in [0.25, 0.3) is 5.65 Å². The van der Waals surface area contributed by atoms with Crippen molar-refractivity contribution in [3.05, 3.63) is 24.2 Å². The average molecular weight is 382 g/mol. The number of alkyl halides is 3. The van der Waals surface area contributed by atoms with Crippen LogP contribution in [0.5, 0.6) is 0 Å². The quantitative estimate of drug-likeness (QED) is 0.838. The van der Waals surface area contributed by atoms with E-state index in [0.29, 0.717) is 17.0 Å². The Labute approximate surface area is 151 Å². The highest BCUT2D eigenvalue weighted by molar-refractivity contribution is 6.00. The van der Waals surface area contributed by atoms with Gasteiger partial charge in [-0.25, -0.2) is 14.3 Å². The summed E-state index contributed by atoms with van der Waals surface area (Å²) in [4.78, 5) is 29.4. The molecule has 2 aromatic rings. The lowest BCUT2D eigenvalue weighted by molar-refractivity contribution is -0.159. The first-order valence-corrected chi connectivity index (χ1v) is 8.38. The largest absolute Gasteiger partial charge is 0.389 e. The Kier molecular flexibility index (Phi) is 3.79. The van der Waals surface area contributed by atoms with E-state index in [1.165, 1.54) is 10.7 Å². The van der Waals surface area contributed by atoms with Gasteiger partial charge in [0.05, 0.1) is 23.7 Å². The molecule has 0 bridgehead atoms. The Bertz CT molecular complexity index is 919. The summed E-state index contributed by atoms with van der Waals surface area (Å²) in [7, 11) is 0. The topological polar surface area (TPSA) is 91.6 Å². The molecule has 0 spiro atoms. The number of amides is 3. The van der Waals surface area contributed by atoms with Gasteiger partial charge in [-0.3, -0.25) is 10.1 Å². The van der Waals surface area contributed by atoms with E-state index in [1.807, 2.05) is 0 Å². The van der Waals surface area contributed by atoms with Crippen molar-refractivity contribution in [3.63, 3.8) is 0 Å². The van der Waals surface area contributed by atoms with Crippen LogP contribution < -0.4 is 15.5 Å². The van der Waals surface area contributed by atoms with E-state index in [2.05, 4.69) is 20.7 Å². The summed E-state index contributed by atoms with van der Waals surface area (Å²) < 4.78 is 39.8. The highest BCUT2D eigenvalue weighted by Crippen LogP contribution is 2.43. The van der Waals surface area contributed by atoms with Crippen LogP contribution in [0, 0.1) is 5.41 Å². The molecule has 2 aromatic heterocycles. The molecule has 0 radical (unpaired) electrons. The molecule has 8 nitrogen and oxygen atoms in total. The third kappa shape index (κ3) is 3.28. The van der Waals surface area contributed by atoms with Gasteiger partial charge in [0.1, 0.15) is 0 Å². The van der Waals surface area contributed by atoms with Crippen molar-refractivity contribution >= 4 is 23.3 Å². The lowest BCUT2D eigenvalue weighted by Crippen LogP contribution is -2.56. The lowest BCUT2D eigenvalue weighted by atomic mass is 9.78. The smallest absolute Gasteiger partial charge is 0.367 e. The monoisotopic (exact) mass is 382 g/mol. The van der Waals surface area contributed by atoms with Crippen molar-refractivity contribution in [1.82, 2.24) is 25.2 Å². The SMILES string of the molecule is CC1(CC(F)(F)F)CN(c2cc(C3CNC(=O)NC3=O)nn3ccnc23)C1. The number of hydrogen-bond donors (Lipinski definition) is 2. The first-order valence-electron chi connectivity index (χ1n) is 8.38. The molecule has 2 fully saturated rings. The van der Waals surface area contributed by atoms with Crippen LogP contribution in [0.4, 0.5) is 23.7 Å². The third-order valence-corrected chi connectivity index (χ3v) is 4.85. The van der Waals surface area contributed by atoms with Crippen molar-refractivity contribution in [2.24, 2.45) is 5.41 Å². The highest BCUT2D eigenvalue weighted by atomic mass is 19.4. The molecule has 4 rings (SSSR count). The zero-order valence-corrected chi connectivity index (χ0v) is 14.4. The van der Waals surface area contributed by atoms with Crippen LogP contribution in [0.1, 0.15) is 25.0 Å². The summed E-state index contributed by atoms with van der Waals surface area (Å²) in [6.07, 6.45) is -1.93. The van der Waals surface area contributed by atoms with Gasteiger partial charge in [0.25, 0.3) is 0 Å². The number of imidazole rings is 1. The summed E-state index contributed by atoms with van der Waals surface area (Å²) in [5, 5.41) is 9.10. The number of fused-ring (bicyclic) bond motifs is 1. The van der Waals surface area contributed by atoms with Crippen molar-refractivity contribution in [2.45, 2.75) is 25.4 Å². The summed E-state index contributed by atoms with van der Waals surface area (Å²) in [6, 6.07) is 1.10. The second-order valence-electron chi connectivity index (χ2n) is 7.36. The standard InChI is InChI=1S/C16H17F3N6O2/c1-15(6-16(17,18)19)7-24(8-15)11-4-10(23-25-3-2-20-12(11)25)9-5-21-14(27)22-13(9)26/h2-4,9H,5-8H2,1H3,(H2,21,22,26,27). The maximum atomic E-state index is 12.8. The van der Waals surface area contributed by atoms with Gasteiger partial charge in [-0.2, -0.15) is 18.3 Å². The first kappa shape index (κ1) is 17.6. The molecule has 2 aliphatic heterocycles. The third-order valence-electron chi connectivity index (χ3n) is 4.85. The number of urea groups is 1. The normalized spacial score (nSPS) is 22.4. The minimum atomic E-state index is -4.22. The molecule has 1 atom stereocenters. The van der Waals surface area contributed by atoms with Gasteiger partial charge in [0.15, 0.2) is 5.65 Å². The van der Waals surface area contributed by atoms with Gasteiger partial charge in [-0.15, -0.1) is 0 Å². The van der Waals surface area contributed by atoms with E-state index >= 15 is 0 Å². The molecule has 144 valence electrons. The fourth-order valence-corrected chi connectivity index (χ4v) is 3.73. The van der Waals surface area contributed by atoms with Gasteiger partial charge in [-0.1, -0.05) is 6.92 Å². The molecule has 2 N–H and O–H groups in total. The maximum absolute atomic E-state index is 12.8. The first-order chi connectivity index (χ1) is 12.6. The fourth-order valence-electron chi connectivity index (χ4n) is 3.73. The predicted octanol–water partition coefficient (Wildman–Crippen LogP) is 1.43. The van der Waals surface area contributed by atoms with Crippen LogP contribution >= 0.6 is 0 Å². The number of hydrogen-bond acceptors (Lipinski definition) is 5. The molecule has 0 aromatic carbocycles. The molecule has 2 aliphatic rings. The zero-order chi connectivity index (χ0) is 19.4. The molecule has 4 heterocycles. The van der Waals surface area contributed by atoms with Crippen LogP contribution in [0.15, 0.2) is 18.5 Å². The minimum Gasteiger partial charge on any atom is -0.367 e. The van der Waals surface area contributed by atoms with Gasteiger partial charge in [0.2, 0.25) is 5.91 Å².